The smallest absolute Gasteiger partial charge is 0.342 e. The Morgan fingerprint density at radius 3 is 2.26 bits per heavy atom. The van der Waals surface area contributed by atoms with Crippen LogP contribution in [0.15, 0.2) is 24.3 Å². The summed E-state index contributed by atoms with van der Waals surface area (Å²) >= 11 is 0. The van der Waals surface area contributed by atoms with Crippen LogP contribution in [0.1, 0.15) is 18.4 Å². The first-order valence-corrected chi connectivity index (χ1v) is 9.06. The fourth-order valence-electron chi connectivity index (χ4n) is 3.34. The molecule has 0 spiro atoms. The number of anilines is 1. The number of hydrogen-bond donors (Lipinski definition) is 1. The third kappa shape index (κ3) is 5.12. The monoisotopic (exact) mass is 384 g/mol. The molecule has 0 saturated carbocycles. The minimum Gasteiger partial charge on any atom is -0.342 e. The van der Waals surface area contributed by atoms with Crippen LogP contribution in [-0.4, -0.2) is 72.5 Å². The van der Waals surface area contributed by atoms with E-state index in [0.29, 0.717) is 32.7 Å². The SMILES string of the molecule is O=C(CN1CCN(C(=O)Nc2cccc(C(F)(F)F)c2)CC1)N1CCCC1. The number of hydrogen-bond acceptors (Lipinski definition) is 3. The van der Waals surface area contributed by atoms with Crippen LogP contribution in [0.5, 0.6) is 0 Å². The van der Waals surface area contributed by atoms with Crippen LogP contribution in [0.25, 0.3) is 0 Å². The standard InChI is InChI=1S/C18H23F3N4O2/c19-18(20,21)14-4-3-5-15(12-14)22-17(27)25-10-8-23(9-11-25)13-16(26)24-6-1-2-7-24/h3-5,12H,1-2,6-11,13H2,(H,22,27). The van der Waals surface area contributed by atoms with Gasteiger partial charge in [0.1, 0.15) is 0 Å². The molecule has 2 aliphatic heterocycles. The van der Waals surface area contributed by atoms with Crippen molar-refractivity contribution in [2.24, 2.45) is 0 Å². The first-order valence-electron chi connectivity index (χ1n) is 9.06. The number of nitrogens with zero attached hydrogens (tertiary/aromatic N) is 3. The molecule has 2 aliphatic rings. The molecular weight excluding hydrogens is 361 g/mol. The number of nitrogens with one attached hydrogen (secondary N) is 1. The van der Waals surface area contributed by atoms with Crippen molar-refractivity contribution in [1.29, 1.82) is 0 Å². The Bertz CT molecular complexity index is 681. The van der Waals surface area contributed by atoms with E-state index in [1.54, 1.807) is 4.90 Å². The summed E-state index contributed by atoms with van der Waals surface area (Å²) in [5.41, 5.74) is -0.688. The summed E-state index contributed by atoms with van der Waals surface area (Å²) in [6, 6.07) is 4.15. The van der Waals surface area contributed by atoms with E-state index in [1.807, 2.05) is 9.80 Å². The Labute approximate surface area is 155 Å². The van der Waals surface area contributed by atoms with Gasteiger partial charge in [-0.1, -0.05) is 6.07 Å². The van der Waals surface area contributed by atoms with Crippen LogP contribution in [-0.2, 0) is 11.0 Å². The summed E-state index contributed by atoms with van der Waals surface area (Å²) in [6.45, 7) is 3.97. The lowest BCUT2D eigenvalue weighted by Crippen LogP contribution is -2.52. The molecule has 0 bridgehead atoms. The van der Waals surface area contributed by atoms with Gasteiger partial charge in [-0.2, -0.15) is 13.2 Å². The van der Waals surface area contributed by atoms with Crippen molar-refractivity contribution < 1.29 is 22.8 Å². The van der Waals surface area contributed by atoms with Gasteiger partial charge < -0.3 is 15.1 Å². The zero-order chi connectivity index (χ0) is 19.4. The van der Waals surface area contributed by atoms with E-state index in [9.17, 15) is 22.8 Å². The second kappa shape index (κ2) is 8.16. The lowest BCUT2D eigenvalue weighted by molar-refractivity contribution is -0.137. The molecule has 2 heterocycles. The molecule has 27 heavy (non-hydrogen) atoms. The van der Waals surface area contributed by atoms with E-state index in [1.165, 1.54) is 12.1 Å². The van der Waals surface area contributed by atoms with Gasteiger partial charge in [0.05, 0.1) is 12.1 Å². The molecule has 1 aromatic carbocycles. The average molecular weight is 384 g/mol. The van der Waals surface area contributed by atoms with E-state index in [4.69, 9.17) is 0 Å². The highest BCUT2D eigenvalue weighted by atomic mass is 19.4. The maximum Gasteiger partial charge on any atom is 0.416 e. The third-order valence-corrected chi connectivity index (χ3v) is 4.92. The van der Waals surface area contributed by atoms with Gasteiger partial charge in [0.2, 0.25) is 5.91 Å². The fourth-order valence-corrected chi connectivity index (χ4v) is 3.34. The summed E-state index contributed by atoms with van der Waals surface area (Å²) in [7, 11) is 0. The zero-order valence-electron chi connectivity index (χ0n) is 15.0. The van der Waals surface area contributed by atoms with Crippen molar-refractivity contribution in [2.75, 3.05) is 51.1 Å². The van der Waals surface area contributed by atoms with Gasteiger partial charge in [0.15, 0.2) is 0 Å². The quantitative estimate of drug-likeness (QED) is 0.871. The van der Waals surface area contributed by atoms with Crippen molar-refractivity contribution in [1.82, 2.24) is 14.7 Å². The summed E-state index contributed by atoms with van der Waals surface area (Å²) in [4.78, 5) is 29.9. The molecule has 3 amide bonds. The Morgan fingerprint density at radius 2 is 1.63 bits per heavy atom. The molecule has 0 unspecified atom stereocenters. The van der Waals surface area contributed by atoms with Crippen molar-refractivity contribution >= 4 is 17.6 Å². The molecule has 0 radical (unpaired) electrons. The number of urea groups is 1. The fraction of sp³-hybridized carbons (Fsp3) is 0.556. The predicted molar refractivity (Wildman–Crippen MR) is 94.3 cm³/mol. The Hall–Kier alpha value is -2.29. The Kier molecular flexibility index (Phi) is 5.88. The maximum atomic E-state index is 12.8. The second-order valence-corrected chi connectivity index (χ2v) is 6.86. The van der Waals surface area contributed by atoms with E-state index in [2.05, 4.69) is 5.32 Å². The molecule has 0 atom stereocenters. The van der Waals surface area contributed by atoms with Gasteiger partial charge in [-0.05, 0) is 31.0 Å². The molecule has 0 aromatic heterocycles. The van der Waals surface area contributed by atoms with Crippen LogP contribution >= 0.6 is 0 Å². The molecule has 148 valence electrons. The number of benzene rings is 1. The third-order valence-electron chi connectivity index (χ3n) is 4.92. The molecule has 1 N–H and O–H groups in total. The van der Waals surface area contributed by atoms with E-state index >= 15 is 0 Å². The second-order valence-electron chi connectivity index (χ2n) is 6.86. The molecule has 1 aromatic rings. The molecule has 6 nitrogen and oxygen atoms in total. The molecule has 2 fully saturated rings. The van der Waals surface area contributed by atoms with Crippen LogP contribution in [0.3, 0.4) is 0 Å². The Balaban J connectivity index is 1.48. The van der Waals surface area contributed by atoms with Gasteiger partial charge in [-0.3, -0.25) is 9.69 Å². The van der Waals surface area contributed by atoms with E-state index in [-0.39, 0.29) is 11.6 Å². The summed E-state index contributed by atoms with van der Waals surface area (Å²) < 4.78 is 38.3. The number of alkyl halides is 3. The number of halogens is 3. The molecule has 0 aliphatic carbocycles. The molecular formula is C18H23F3N4O2. The van der Waals surface area contributed by atoms with E-state index in [0.717, 1.165) is 38.1 Å². The van der Waals surface area contributed by atoms with Crippen LogP contribution in [0.4, 0.5) is 23.7 Å². The lowest BCUT2D eigenvalue weighted by atomic mass is 10.2. The minimum absolute atomic E-state index is 0.112. The van der Waals surface area contributed by atoms with Crippen molar-refractivity contribution in [3.05, 3.63) is 29.8 Å². The zero-order valence-corrected chi connectivity index (χ0v) is 15.0. The highest BCUT2D eigenvalue weighted by Crippen LogP contribution is 2.30. The lowest BCUT2D eigenvalue weighted by Gasteiger charge is -2.35. The van der Waals surface area contributed by atoms with Crippen molar-refractivity contribution in [3.8, 4) is 0 Å². The average Bonchev–Trinajstić information content (AvgIpc) is 3.16. The minimum atomic E-state index is -4.45. The largest absolute Gasteiger partial charge is 0.416 e. The molecule has 9 heteroatoms. The number of rotatable bonds is 3. The number of piperazine rings is 1. The van der Waals surface area contributed by atoms with Gasteiger partial charge in [0, 0.05) is 45.0 Å². The number of carbonyl (C=O) groups is 2. The first kappa shape index (κ1) is 19.5. The van der Waals surface area contributed by atoms with Gasteiger partial charge in [0.25, 0.3) is 0 Å². The van der Waals surface area contributed by atoms with Crippen LogP contribution < -0.4 is 5.32 Å². The van der Waals surface area contributed by atoms with Gasteiger partial charge in [-0.25, -0.2) is 4.79 Å². The normalized spacial score (nSPS) is 18.6. The number of amides is 3. The summed E-state index contributed by atoms with van der Waals surface area (Å²) in [6.07, 6.45) is -2.35. The van der Waals surface area contributed by atoms with Crippen molar-refractivity contribution in [2.45, 2.75) is 19.0 Å². The summed E-state index contributed by atoms with van der Waals surface area (Å²) in [5.74, 6) is 0.120. The highest BCUT2D eigenvalue weighted by Gasteiger charge is 2.31. The van der Waals surface area contributed by atoms with Crippen LogP contribution in [0.2, 0.25) is 0 Å². The van der Waals surface area contributed by atoms with Gasteiger partial charge >= 0.3 is 12.2 Å². The first-order chi connectivity index (χ1) is 12.8. The topological polar surface area (TPSA) is 55.9 Å². The van der Waals surface area contributed by atoms with Crippen LogP contribution in [0, 0.1) is 0 Å². The number of carbonyl (C=O) groups excluding carboxylic acids is 2. The summed E-state index contributed by atoms with van der Waals surface area (Å²) in [5, 5.41) is 2.52. The molecule has 2 saturated heterocycles. The Morgan fingerprint density at radius 1 is 0.963 bits per heavy atom. The van der Waals surface area contributed by atoms with E-state index < -0.39 is 17.8 Å². The van der Waals surface area contributed by atoms with Crippen molar-refractivity contribution in [3.63, 3.8) is 0 Å². The maximum absolute atomic E-state index is 12.8. The predicted octanol–water partition coefficient (Wildman–Crippen LogP) is 2.48. The van der Waals surface area contributed by atoms with Gasteiger partial charge in [-0.15, -0.1) is 0 Å². The molecule has 3 rings (SSSR count). The highest BCUT2D eigenvalue weighted by molar-refractivity contribution is 5.89. The number of likely N-dealkylation sites (tertiary alicyclic amines) is 1.